The van der Waals surface area contributed by atoms with Crippen LogP contribution in [0.3, 0.4) is 0 Å². The molecule has 0 fully saturated rings. The maximum Gasteiger partial charge on any atom is 0.191 e. The first kappa shape index (κ1) is 26.2. The Morgan fingerprint density at radius 3 is 2.43 bits per heavy atom. The van der Waals surface area contributed by atoms with Crippen LogP contribution in [0.5, 0.6) is 5.75 Å². The van der Waals surface area contributed by atoms with Gasteiger partial charge in [0.15, 0.2) is 5.96 Å². The van der Waals surface area contributed by atoms with E-state index in [1.807, 2.05) is 61.5 Å². The van der Waals surface area contributed by atoms with Gasteiger partial charge in [-0.3, -0.25) is 0 Å². The van der Waals surface area contributed by atoms with Crippen molar-refractivity contribution in [3.8, 4) is 5.75 Å². The molecule has 166 valence electrons. The molecule has 30 heavy (non-hydrogen) atoms. The molecule has 2 aromatic rings. The average Bonchev–Trinajstić information content (AvgIpc) is 2.76. The summed E-state index contributed by atoms with van der Waals surface area (Å²) in [5, 5.41) is 16.9. The maximum atomic E-state index is 10.4. The van der Waals surface area contributed by atoms with Crippen molar-refractivity contribution < 1.29 is 14.6 Å². The second-order valence-corrected chi connectivity index (χ2v) is 6.71. The number of nitrogens with zero attached hydrogens (tertiary/aromatic N) is 1. The van der Waals surface area contributed by atoms with Crippen LogP contribution in [0, 0.1) is 0 Å². The van der Waals surface area contributed by atoms with E-state index < -0.39 is 6.10 Å². The molecule has 0 spiro atoms. The third-order valence-electron chi connectivity index (χ3n) is 4.36. The number of ether oxygens (including phenoxy) is 2. The lowest BCUT2D eigenvalue weighted by atomic mass is 10.1. The Hall–Kier alpha value is -1.84. The molecule has 0 aliphatic heterocycles. The average molecular weight is 527 g/mol. The smallest absolute Gasteiger partial charge is 0.191 e. The zero-order valence-electron chi connectivity index (χ0n) is 17.8. The van der Waals surface area contributed by atoms with Crippen LogP contribution in [0.1, 0.15) is 24.5 Å². The van der Waals surface area contributed by atoms with Crippen LogP contribution in [0.4, 0.5) is 0 Å². The number of rotatable bonds is 12. The second kappa shape index (κ2) is 15.9. The van der Waals surface area contributed by atoms with Crippen molar-refractivity contribution in [3.63, 3.8) is 0 Å². The number of hydrogen-bond acceptors (Lipinski definition) is 4. The number of guanidine groups is 1. The van der Waals surface area contributed by atoms with Gasteiger partial charge in [-0.2, -0.15) is 0 Å². The van der Waals surface area contributed by atoms with E-state index in [1.165, 1.54) is 0 Å². The van der Waals surface area contributed by atoms with Crippen LogP contribution in [0.15, 0.2) is 59.6 Å². The molecule has 0 radical (unpaired) electrons. The van der Waals surface area contributed by atoms with Gasteiger partial charge in [-0.05, 0) is 36.6 Å². The Morgan fingerprint density at radius 1 is 1.03 bits per heavy atom. The largest absolute Gasteiger partial charge is 0.497 e. The van der Waals surface area contributed by atoms with Gasteiger partial charge in [0, 0.05) is 32.7 Å². The van der Waals surface area contributed by atoms with Gasteiger partial charge in [-0.25, -0.2) is 4.99 Å². The predicted octanol–water partition coefficient (Wildman–Crippen LogP) is 3.38. The summed E-state index contributed by atoms with van der Waals surface area (Å²) >= 11 is 0. The van der Waals surface area contributed by atoms with Gasteiger partial charge in [-0.15, -0.1) is 24.0 Å². The Morgan fingerprint density at radius 2 is 1.77 bits per heavy atom. The molecular formula is C23H34IN3O3. The fraction of sp³-hybridized carbons (Fsp3) is 0.435. The van der Waals surface area contributed by atoms with E-state index in [-0.39, 0.29) is 24.0 Å². The highest BCUT2D eigenvalue weighted by molar-refractivity contribution is 14.0. The molecule has 6 nitrogen and oxygen atoms in total. The Bertz CT molecular complexity index is 711. The molecule has 7 heteroatoms. The maximum absolute atomic E-state index is 10.4. The van der Waals surface area contributed by atoms with E-state index in [0.717, 1.165) is 36.4 Å². The summed E-state index contributed by atoms with van der Waals surface area (Å²) in [7, 11) is 1.65. The highest BCUT2D eigenvalue weighted by Gasteiger charge is 2.07. The van der Waals surface area contributed by atoms with Crippen LogP contribution in [-0.4, -0.2) is 50.6 Å². The first-order valence-electron chi connectivity index (χ1n) is 10.2. The lowest BCUT2D eigenvalue weighted by Crippen LogP contribution is -2.42. The predicted molar refractivity (Wildman–Crippen MR) is 133 cm³/mol. The number of methoxy groups -OCH3 is 1. The van der Waals surface area contributed by atoms with Gasteiger partial charge in [0.2, 0.25) is 0 Å². The molecular weight excluding hydrogens is 493 g/mol. The van der Waals surface area contributed by atoms with E-state index in [0.29, 0.717) is 32.1 Å². The standard InChI is InChI=1S/C23H33N3O3.HI/c1-3-29-15-7-14-24-23(25-17-20-10-12-22(28-2)13-11-20)26-18-21(27)16-19-8-5-4-6-9-19;/h4-6,8-13,21,27H,3,7,14-18H2,1-2H3,(H2,24,25,26);1H. The van der Waals surface area contributed by atoms with E-state index in [9.17, 15) is 5.11 Å². The summed E-state index contributed by atoms with van der Waals surface area (Å²) in [6.45, 7) is 5.15. The molecule has 0 bridgehead atoms. The number of aliphatic hydroxyl groups is 1. The van der Waals surface area contributed by atoms with Crippen molar-refractivity contribution in [3.05, 3.63) is 65.7 Å². The SMILES string of the molecule is CCOCCCNC(=NCc1ccc(OC)cc1)NCC(O)Cc1ccccc1.I. The van der Waals surface area contributed by atoms with Crippen molar-refractivity contribution >= 4 is 29.9 Å². The number of benzene rings is 2. The second-order valence-electron chi connectivity index (χ2n) is 6.71. The summed E-state index contributed by atoms with van der Waals surface area (Å²) in [4.78, 5) is 4.65. The third kappa shape index (κ3) is 10.8. The number of aliphatic imine (C=N–C) groups is 1. The monoisotopic (exact) mass is 527 g/mol. The van der Waals surface area contributed by atoms with Gasteiger partial charge in [0.05, 0.1) is 19.8 Å². The molecule has 3 N–H and O–H groups in total. The highest BCUT2D eigenvalue weighted by Crippen LogP contribution is 2.11. The van der Waals surface area contributed by atoms with E-state index in [1.54, 1.807) is 7.11 Å². The van der Waals surface area contributed by atoms with E-state index in [4.69, 9.17) is 9.47 Å². The zero-order chi connectivity index (χ0) is 20.7. The first-order chi connectivity index (χ1) is 14.2. The van der Waals surface area contributed by atoms with E-state index >= 15 is 0 Å². The minimum absolute atomic E-state index is 0. The van der Waals surface area contributed by atoms with Crippen molar-refractivity contribution in [2.24, 2.45) is 4.99 Å². The van der Waals surface area contributed by atoms with Gasteiger partial charge >= 0.3 is 0 Å². The molecule has 2 aromatic carbocycles. The Kier molecular flexibility index (Phi) is 13.9. The highest BCUT2D eigenvalue weighted by atomic mass is 127. The van der Waals surface area contributed by atoms with Gasteiger partial charge < -0.3 is 25.2 Å². The summed E-state index contributed by atoms with van der Waals surface area (Å²) in [5.74, 6) is 1.51. The van der Waals surface area contributed by atoms with Crippen molar-refractivity contribution in [1.29, 1.82) is 0 Å². The number of aliphatic hydroxyl groups excluding tert-OH is 1. The van der Waals surface area contributed by atoms with Crippen LogP contribution in [-0.2, 0) is 17.7 Å². The first-order valence-corrected chi connectivity index (χ1v) is 10.2. The van der Waals surface area contributed by atoms with Crippen molar-refractivity contribution in [1.82, 2.24) is 10.6 Å². The molecule has 0 aromatic heterocycles. The molecule has 0 heterocycles. The van der Waals surface area contributed by atoms with E-state index in [2.05, 4.69) is 15.6 Å². The van der Waals surface area contributed by atoms with Gasteiger partial charge in [0.1, 0.15) is 5.75 Å². The van der Waals surface area contributed by atoms with Crippen LogP contribution in [0.2, 0.25) is 0 Å². The molecule has 0 aliphatic carbocycles. The van der Waals surface area contributed by atoms with Crippen LogP contribution >= 0.6 is 24.0 Å². The molecule has 0 amide bonds. The summed E-state index contributed by atoms with van der Waals surface area (Å²) < 4.78 is 10.6. The van der Waals surface area contributed by atoms with Crippen LogP contribution < -0.4 is 15.4 Å². The summed E-state index contributed by atoms with van der Waals surface area (Å²) in [5.41, 5.74) is 2.20. The minimum Gasteiger partial charge on any atom is -0.497 e. The Balaban J connectivity index is 0.00000450. The fourth-order valence-corrected chi connectivity index (χ4v) is 2.77. The lowest BCUT2D eigenvalue weighted by molar-refractivity contribution is 0.145. The molecule has 0 aliphatic rings. The molecule has 1 atom stereocenters. The number of hydrogen-bond donors (Lipinski definition) is 3. The molecule has 0 saturated carbocycles. The zero-order valence-corrected chi connectivity index (χ0v) is 20.2. The van der Waals surface area contributed by atoms with Crippen molar-refractivity contribution in [2.75, 3.05) is 33.4 Å². The number of halogens is 1. The quantitative estimate of drug-likeness (QED) is 0.171. The third-order valence-corrected chi connectivity index (χ3v) is 4.36. The van der Waals surface area contributed by atoms with Gasteiger partial charge in [0.25, 0.3) is 0 Å². The van der Waals surface area contributed by atoms with Crippen molar-refractivity contribution in [2.45, 2.75) is 32.4 Å². The fourth-order valence-electron chi connectivity index (χ4n) is 2.77. The molecule has 0 saturated heterocycles. The Labute approximate surface area is 197 Å². The summed E-state index contributed by atoms with van der Waals surface area (Å²) in [6, 6.07) is 17.8. The molecule has 1 unspecified atom stereocenters. The minimum atomic E-state index is -0.492. The molecule has 2 rings (SSSR count). The van der Waals surface area contributed by atoms with Crippen LogP contribution in [0.25, 0.3) is 0 Å². The lowest BCUT2D eigenvalue weighted by Gasteiger charge is -2.16. The topological polar surface area (TPSA) is 75.1 Å². The number of nitrogens with one attached hydrogen (secondary N) is 2. The van der Waals surface area contributed by atoms with Gasteiger partial charge in [-0.1, -0.05) is 42.5 Å². The summed E-state index contributed by atoms with van der Waals surface area (Å²) in [6.07, 6.45) is 1.00. The normalized spacial score (nSPS) is 12.0.